The number of nitrogens with zero attached hydrogens (tertiary/aromatic N) is 1. The largest absolute Gasteiger partial charge is 0.355 e. The minimum absolute atomic E-state index is 0.0394. The number of halogens is 1. The van der Waals surface area contributed by atoms with Crippen LogP contribution in [0.5, 0.6) is 0 Å². The Labute approximate surface area is 123 Å². The molecule has 0 radical (unpaired) electrons. The SMILES string of the molecule is Cc1ccc(Br)cc1CCNC(=O)C(C#N)C(C)C. The molecule has 0 saturated heterocycles. The lowest BCUT2D eigenvalue weighted by Crippen LogP contribution is -2.34. The molecule has 1 rings (SSSR count). The van der Waals surface area contributed by atoms with Gasteiger partial charge >= 0.3 is 0 Å². The fraction of sp³-hybridized carbons (Fsp3) is 0.467. The van der Waals surface area contributed by atoms with Crippen molar-refractivity contribution in [2.45, 2.75) is 27.2 Å². The van der Waals surface area contributed by atoms with E-state index in [1.165, 1.54) is 11.1 Å². The summed E-state index contributed by atoms with van der Waals surface area (Å²) in [4.78, 5) is 11.8. The molecule has 3 nitrogen and oxygen atoms in total. The van der Waals surface area contributed by atoms with Crippen LogP contribution in [0.25, 0.3) is 0 Å². The van der Waals surface area contributed by atoms with Crippen molar-refractivity contribution in [3.8, 4) is 6.07 Å². The maximum atomic E-state index is 11.8. The lowest BCUT2D eigenvalue weighted by Gasteiger charge is -2.13. The van der Waals surface area contributed by atoms with E-state index in [-0.39, 0.29) is 11.8 Å². The van der Waals surface area contributed by atoms with Crippen LogP contribution < -0.4 is 5.32 Å². The molecule has 102 valence electrons. The molecule has 0 spiro atoms. The van der Waals surface area contributed by atoms with Crippen molar-refractivity contribution in [2.75, 3.05) is 6.54 Å². The predicted molar refractivity (Wildman–Crippen MR) is 79.5 cm³/mol. The molecule has 1 aromatic rings. The van der Waals surface area contributed by atoms with Gasteiger partial charge < -0.3 is 5.32 Å². The van der Waals surface area contributed by atoms with Crippen molar-refractivity contribution < 1.29 is 4.79 Å². The lowest BCUT2D eigenvalue weighted by atomic mass is 9.96. The quantitative estimate of drug-likeness (QED) is 0.904. The Bertz CT molecular complexity index is 491. The topological polar surface area (TPSA) is 52.9 Å². The van der Waals surface area contributed by atoms with Crippen LogP contribution in [0.3, 0.4) is 0 Å². The summed E-state index contributed by atoms with van der Waals surface area (Å²) in [6.07, 6.45) is 0.771. The molecule has 0 heterocycles. The Morgan fingerprint density at radius 3 is 2.74 bits per heavy atom. The molecule has 0 aliphatic rings. The van der Waals surface area contributed by atoms with E-state index in [1.807, 2.05) is 26.0 Å². The number of rotatable bonds is 5. The van der Waals surface area contributed by atoms with Crippen molar-refractivity contribution in [3.05, 3.63) is 33.8 Å². The average molecular weight is 323 g/mol. The zero-order chi connectivity index (χ0) is 14.4. The van der Waals surface area contributed by atoms with Gasteiger partial charge in [0, 0.05) is 11.0 Å². The average Bonchev–Trinajstić information content (AvgIpc) is 2.34. The van der Waals surface area contributed by atoms with Crippen molar-refractivity contribution in [3.63, 3.8) is 0 Å². The normalized spacial score (nSPS) is 12.0. The van der Waals surface area contributed by atoms with E-state index < -0.39 is 5.92 Å². The summed E-state index contributed by atoms with van der Waals surface area (Å²) in [5, 5.41) is 11.8. The third-order valence-corrected chi connectivity index (χ3v) is 3.59. The number of carbonyl (C=O) groups excluding carboxylic acids is 1. The molecule has 1 aromatic carbocycles. The van der Waals surface area contributed by atoms with Gasteiger partial charge in [-0.3, -0.25) is 4.79 Å². The first kappa shape index (κ1) is 15.7. The van der Waals surface area contributed by atoms with Gasteiger partial charge in [-0.2, -0.15) is 5.26 Å². The van der Waals surface area contributed by atoms with Crippen LogP contribution in [0.2, 0.25) is 0 Å². The van der Waals surface area contributed by atoms with Crippen LogP contribution in [0, 0.1) is 30.1 Å². The highest BCUT2D eigenvalue weighted by Crippen LogP contribution is 2.16. The van der Waals surface area contributed by atoms with E-state index in [2.05, 4.69) is 40.3 Å². The Hall–Kier alpha value is -1.34. The Morgan fingerprint density at radius 2 is 2.16 bits per heavy atom. The third kappa shape index (κ3) is 4.68. The maximum Gasteiger partial charge on any atom is 0.237 e. The number of amides is 1. The molecule has 0 aliphatic carbocycles. The molecule has 1 amide bonds. The summed E-state index contributed by atoms with van der Waals surface area (Å²) < 4.78 is 1.04. The van der Waals surface area contributed by atoms with Gasteiger partial charge in [0.2, 0.25) is 5.91 Å². The fourth-order valence-corrected chi connectivity index (χ4v) is 2.26. The molecule has 0 aromatic heterocycles. The van der Waals surface area contributed by atoms with Gasteiger partial charge in [-0.1, -0.05) is 35.8 Å². The second-order valence-electron chi connectivity index (χ2n) is 4.96. The molecule has 0 fully saturated rings. The predicted octanol–water partition coefficient (Wildman–Crippen LogP) is 3.21. The number of nitrogens with one attached hydrogen (secondary N) is 1. The molecule has 1 atom stereocenters. The molecular formula is C15H19BrN2O. The standard InChI is InChI=1S/C15H19BrN2O/c1-10(2)14(9-17)15(19)18-7-6-12-8-13(16)5-4-11(12)3/h4-5,8,10,14H,6-7H2,1-3H3,(H,18,19). The first-order valence-corrected chi connectivity index (χ1v) is 7.17. The number of hydrogen-bond donors (Lipinski definition) is 1. The van der Waals surface area contributed by atoms with E-state index in [9.17, 15) is 4.79 Å². The Balaban J connectivity index is 2.53. The minimum Gasteiger partial charge on any atom is -0.355 e. The molecular weight excluding hydrogens is 304 g/mol. The number of aryl methyl sites for hydroxylation is 1. The summed E-state index contributed by atoms with van der Waals surface area (Å²) in [5.41, 5.74) is 2.41. The van der Waals surface area contributed by atoms with Crippen LogP contribution in [0.4, 0.5) is 0 Å². The number of hydrogen-bond acceptors (Lipinski definition) is 2. The van der Waals surface area contributed by atoms with Crippen LogP contribution in [0.1, 0.15) is 25.0 Å². The van der Waals surface area contributed by atoms with Gasteiger partial charge in [-0.25, -0.2) is 0 Å². The highest BCUT2D eigenvalue weighted by Gasteiger charge is 2.20. The molecule has 4 heteroatoms. The summed E-state index contributed by atoms with van der Waals surface area (Å²) >= 11 is 3.44. The molecule has 0 aliphatic heterocycles. The van der Waals surface area contributed by atoms with Gasteiger partial charge in [0.25, 0.3) is 0 Å². The first-order valence-electron chi connectivity index (χ1n) is 6.38. The summed E-state index contributed by atoms with van der Waals surface area (Å²) in [6, 6.07) is 8.16. The zero-order valence-electron chi connectivity index (χ0n) is 11.5. The van der Waals surface area contributed by atoms with Crippen LogP contribution in [-0.2, 0) is 11.2 Å². The molecule has 19 heavy (non-hydrogen) atoms. The summed E-state index contributed by atoms with van der Waals surface area (Å²) in [7, 11) is 0. The van der Waals surface area contributed by atoms with Crippen molar-refractivity contribution >= 4 is 21.8 Å². The molecule has 0 bridgehead atoms. The van der Waals surface area contributed by atoms with Crippen LogP contribution in [-0.4, -0.2) is 12.5 Å². The van der Waals surface area contributed by atoms with Crippen molar-refractivity contribution in [2.24, 2.45) is 11.8 Å². The fourth-order valence-electron chi connectivity index (χ4n) is 1.85. The summed E-state index contributed by atoms with van der Waals surface area (Å²) in [5.74, 6) is -0.702. The lowest BCUT2D eigenvalue weighted by molar-refractivity contribution is -0.124. The van der Waals surface area contributed by atoms with Crippen molar-refractivity contribution in [1.82, 2.24) is 5.32 Å². The zero-order valence-corrected chi connectivity index (χ0v) is 13.1. The maximum absolute atomic E-state index is 11.8. The Kier molecular flexibility index (Phi) is 6.04. The minimum atomic E-state index is -0.566. The van der Waals surface area contributed by atoms with E-state index >= 15 is 0 Å². The van der Waals surface area contributed by atoms with Gasteiger partial charge in [0.05, 0.1) is 6.07 Å². The molecule has 1 N–H and O–H groups in total. The van der Waals surface area contributed by atoms with Crippen LogP contribution in [0.15, 0.2) is 22.7 Å². The monoisotopic (exact) mass is 322 g/mol. The summed E-state index contributed by atoms with van der Waals surface area (Å²) in [6.45, 7) is 6.37. The highest BCUT2D eigenvalue weighted by molar-refractivity contribution is 9.10. The molecule has 1 unspecified atom stereocenters. The van der Waals surface area contributed by atoms with E-state index in [4.69, 9.17) is 5.26 Å². The Morgan fingerprint density at radius 1 is 1.47 bits per heavy atom. The first-order chi connectivity index (χ1) is 8.95. The smallest absolute Gasteiger partial charge is 0.237 e. The molecule has 0 saturated carbocycles. The second kappa shape index (κ2) is 7.30. The van der Waals surface area contributed by atoms with E-state index in [0.717, 1.165) is 10.9 Å². The number of carbonyl (C=O) groups is 1. The third-order valence-electron chi connectivity index (χ3n) is 3.09. The number of benzene rings is 1. The van der Waals surface area contributed by atoms with E-state index in [1.54, 1.807) is 0 Å². The van der Waals surface area contributed by atoms with E-state index in [0.29, 0.717) is 6.54 Å². The van der Waals surface area contributed by atoms with Gasteiger partial charge in [-0.15, -0.1) is 0 Å². The number of nitriles is 1. The van der Waals surface area contributed by atoms with Crippen molar-refractivity contribution in [1.29, 1.82) is 5.26 Å². The van der Waals surface area contributed by atoms with Gasteiger partial charge in [0.15, 0.2) is 0 Å². The van der Waals surface area contributed by atoms with Crippen LogP contribution >= 0.6 is 15.9 Å². The van der Waals surface area contributed by atoms with Gasteiger partial charge in [-0.05, 0) is 42.5 Å². The highest BCUT2D eigenvalue weighted by atomic mass is 79.9. The second-order valence-corrected chi connectivity index (χ2v) is 5.88. The van der Waals surface area contributed by atoms with Gasteiger partial charge in [0.1, 0.15) is 5.92 Å².